The lowest BCUT2D eigenvalue weighted by Gasteiger charge is -2.31. The number of rotatable bonds is 4. The fraction of sp³-hybridized carbons (Fsp3) is 0.174. The summed E-state index contributed by atoms with van der Waals surface area (Å²) in [5.74, 6) is -0.243. The number of amides is 1. The highest BCUT2D eigenvalue weighted by molar-refractivity contribution is 6.30. The predicted molar refractivity (Wildman–Crippen MR) is 110 cm³/mol. The second-order valence-corrected chi connectivity index (χ2v) is 7.38. The summed E-state index contributed by atoms with van der Waals surface area (Å²) < 4.78 is 0. The van der Waals surface area contributed by atoms with Gasteiger partial charge < -0.3 is 5.32 Å². The Kier molecular flexibility index (Phi) is 5.48. The Morgan fingerprint density at radius 3 is 2.39 bits per heavy atom. The summed E-state index contributed by atoms with van der Waals surface area (Å²) in [5.41, 5.74) is 3.58. The van der Waals surface area contributed by atoms with E-state index in [4.69, 9.17) is 16.9 Å². The van der Waals surface area contributed by atoms with Crippen LogP contribution in [0.1, 0.15) is 45.2 Å². The first-order chi connectivity index (χ1) is 13.3. The molecule has 5 heteroatoms. The lowest BCUT2D eigenvalue weighted by atomic mass is 9.87. The molecule has 28 heavy (non-hydrogen) atoms. The Balaban J connectivity index is 2.03. The summed E-state index contributed by atoms with van der Waals surface area (Å²) in [7, 11) is 0. The quantitative estimate of drug-likeness (QED) is 0.688. The number of nitrogens with one attached hydrogen (secondary N) is 1. The van der Waals surface area contributed by atoms with Crippen molar-refractivity contribution in [1.82, 2.24) is 10.3 Å². The van der Waals surface area contributed by atoms with Gasteiger partial charge in [-0.25, -0.2) is 0 Å². The molecule has 0 aliphatic carbocycles. The highest BCUT2D eigenvalue weighted by Crippen LogP contribution is 2.29. The Morgan fingerprint density at radius 1 is 1.11 bits per heavy atom. The van der Waals surface area contributed by atoms with Gasteiger partial charge in [0.2, 0.25) is 0 Å². The third-order valence-electron chi connectivity index (χ3n) is 4.82. The minimum absolute atomic E-state index is 0.243. The van der Waals surface area contributed by atoms with E-state index in [0.717, 1.165) is 22.4 Å². The number of benzene rings is 2. The number of carbonyl (C=O) groups is 1. The summed E-state index contributed by atoms with van der Waals surface area (Å²) in [6, 6.07) is 18.4. The smallest absolute Gasteiger partial charge is 0.252 e. The molecule has 0 bridgehead atoms. The molecule has 0 aliphatic heterocycles. The minimum atomic E-state index is -0.850. The molecule has 2 aromatic carbocycles. The average molecular weight is 390 g/mol. The van der Waals surface area contributed by atoms with Gasteiger partial charge in [-0.3, -0.25) is 9.78 Å². The van der Waals surface area contributed by atoms with Crippen LogP contribution in [0.3, 0.4) is 0 Å². The molecule has 0 spiro atoms. The van der Waals surface area contributed by atoms with Gasteiger partial charge in [-0.2, -0.15) is 5.26 Å². The molecule has 3 aromatic rings. The van der Waals surface area contributed by atoms with Crippen LogP contribution in [-0.4, -0.2) is 10.9 Å². The van der Waals surface area contributed by atoms with E-state index < -0.39 is 5.54 Å². The van der Waals surface area contributed by atoms with Gasteiger partial charge >= 0.3 is 0 Å². The molecular formula is C23H20ClN3O. The predicted octanol–water partition coefficient (Wildman–Crippen LogP) is 4.92. The van der Waals surface area contributed by atoms with Gasteiger partial charge in [0.25, 0.3) is 5.91 Å². The molecule has 4 nitrogen and oxygen atoms in total. The number of pyridine rings is 1. The fourth-order valence-electron chi connectivity index (χ4n) is 3.06. The van der Waals surface area contributed by atoms with Crippen LogP contribution in [0.4, 0.5) is 0 Å². The van der Waals surface area contributed by atoms with Crippen molar-refractivity contribution in [2.75, 3.05) is 0 Å². The van der Waals surface area contributed by atoms with Crippen molar-refractivity contribution in [3.63, 3.8) is 0 Å². The maximum absolute atomic E-state index is 13.0. The Hall–Kier alpha value is -3.16. The van der Waals surface area contributed by atoms with E-state index in [9.17, 15) is 4.79 Å². The van der Waals surface area contributed by atoms with Gasteiger partial charge in [0.05, 0.1) is 17.3 Å². The number of nitriles is 1. The highest BCUT2D eigenvalue weighted by Gasteiger charge is 2.32. The number of nitrogens with zero attached hydrogens (tertiary/aromatic N) is 2. The van der Waals surface area contributed by atoms with Crippen molar-refractivity contribution in [2.45, 2.75) is 26.3 Å². The Morgan fingerprint density at radius 2 is 1.82 bits per heavy atom. The van der Waals surface area contributed by atoms with E-state index in [0.29, 0.717) is 16.1 Å². The standard InChI is InChI=1S/C23H20ClN3O/c1-15-4-11-21(26-14-15)23(3,19-7-9-20(24)10-8-19)27-22(28)17-5-6-18(13-25)16(2)12-17/h4-12,14H,1-3H3,(H,27,28). The first-order valence-corrected chi connectivity index (χ1v) is 9.24. The van der Waals surface area contributed by atoms with Crippen molar-refractivity contribution in [3.8, 4) is 6.07 Å². The molecular weight excluding hydrogens is 370 g/mol. The van der Waals surface area contributed by atoms with Gasteiger partial charge in [0, 0.05) is 16.8 Å². The Bertz CT molecular complexity index is 1010. The van der Waals surface area contributed by atoms with E-state index in [1.165, 1.54) is 0 Å². The second-order valence-electron chi connectivity index (χ2n) is 6.95. The van der Waals surface area contributed by atoms with Crippen molar-refractivity contribution in [3.05, 3.63) is 99.3 Å². The number of carbonyl (C=O) groups excluding carboxylic acids is 1. The third-order valence-corrected chi connectivity index (χ3v) is 5.07. The molecule has 1 atom stereocenters. The van der Waals surface area contributed by atoms with E-state index in [1.807, 2.05) is 45.0 Å². The Labute approximate surface area is 169 Å². The third kappa shape index (κ3) is 3.90. The molecule has 0 fully saturated rings. The van der Waals surface area contributed by atoms with E-state index >= 15 is 0 Å². The van der Waals surface area contributed by atoms with Gasteiger partial charge in [-0.1, -0.05) is 29.8 Å². The lowest BCUT2D eigenvalue weighted by Crippen LogP contribution is -2.45. The molecule has 1 N–H and O–H groups in total. The molecule has 1 amide bonds. The maximum atomic E-state index is 13.0. The maximum Gasteiger partial charge on any atom is 0.252 e. The van der Waals surface area contributed by atoms with Crippen molar-refractivity contribution < 1.29 is 4.79 Å². The zero-order chi connectivity index (χ0) is 20.3. The number of aromatic nitrogens is 1. The monoisotopic (exact) mass is 389 g/mol. The van der Waals surface area contributed by atoms with Crippen molar-refractivity contribution in [1.29, 1.82) is 5.26 Å². The van der Waals surface area contributed by atoms with E-state index in [1.54, 1.807) is 36.5 Å². The molecule has 0 radical (unpaired) electrons. The van der Waals surface area contributed by atoms with E-state index in [2.05, 4.69) is 16.4 Å². The van der Waals surface area contributed by atoms with Gasteiger partial charge in [-0.05, 0) is 73.9 Å². The largest absolute Gasteiger partial charge is 0.337 e. The highest BCUT2D eigenvalue weighted by atomic mass is 35.5. The van der Waals surface area contributed by atoms with Crippen LogP contribution < -0.4 is 5.32 Å². The topological polar surface area (TPSA) is 65.8 Å². The van der Waals surface area contributed by atoms with Gasteiger partial charge in [0.1, 0.15) is 5.54 Å². The minimum Gasteiger partial charge on any atom is -0.337 e. The van der Waals surface area contributed by atoms with Crippen LogP contribution in [0.2, 0.25) is 5.02 Å². The first kappa shape index (κ1) is 19.6. The lowest BCUT2D eigenvalue weighted by molar-refractivity contribution is 0.0917. The van der Waals surface area contributed by atoms with Crippen molar-refractivity contribution in [2.24, 2.45) is 0 Å². The normalized spacial score (nSPS) is 12.7. The molecule has 0 aliphatic rings. The molecule has 1 unspecified atom stereocenters. The summed E-state index contributed by atoms with van der Waals surface area (Å²) >= 11 is 6.05. The summed E-state index contributed by atoms with van der Waals surface area (Å²) in [5, 5.41) is 12.8. The molecule has 3 rings (SSSR count). The van der Waals surface area contributed by atoms with Gasteiger partial charge in [0.15, 0.2) is 0 Å². The summed E-state index contributed by atoms with van der Waals surface area (Å²) in [6.07, 6.45) is 1.78. The zero-order valence-corrected chi connectivity index (χ0v) is 16.7. The molecule has 0 saturated heterocycles. The first-order valence-electron chi connectivity index (χ1n) is 8.86. The number of hydrogen-bond donors (Lipinski definition) is 1. The number of hydrogen-bond acceptors (Lipinski definition) is 3. The average Bonchev–Trinajstić information content (AvgIpc) is 2.68. The van der Waals surface area contributed by atoms with Crippen LogP contribution in [0.5, 0.6) is 0 Å². The second kappa shape index (κ2) is 7.84. The van der Waals surface area contributed by atoms with E-state index in [-0.39, 0.29) is 5.91 Å². The molecule has 1 heterocycles. The molecule has 140 valence electrons. The van der Waals surface area contributed by atoms with Crippen LogP contribution in [0.25, 0.3) is 0 Å². The van der Waals surface area contributed by atoms with Gasteiger partial charge in [-0.15, -0.1) is 0 Å². The SMILES string of the molecule is Cc1ccc(C(C)(NC(=O)c2ccc(C#N)c(C)c2)c2ccc(Cl)cc2)nc1. The molecule has 0 saturated carbocycles. The fourth-order valence-corrected chi connectivity index (χ4v) is 3.19. The van der Waals surface area contributed by atoms with Crippen LogP contribution >= 0.6 is 11.6 Å². The summed E-state index contributed by atoms with van der Waals surface area (Å²) in [6.45, 7) is 5.70. The zero-order valence-electron chi connectivity index (χ0n) is 16.0. The number of aryl methyl sites for hydroxylation is 2. The van der Waals surface area contributed by atoms with Crippen LogP contribution in [0, 0.1) is 25.2 Å². The van der Waals surface area contributed by atoms with Crippen LogP contribution in [-0.2, 0) is 5.54 Å². The van der Waals surface area contributed by atoms with Crippen molar-refractivity contribution >= 4 is 17.5 Å². The number of halogens is 1. The molecule has 1 aromatic heterocycles. The van der Waals surface area contributed by atoms with Crippen LogP contribution in [0.15, 0.2) is 60.8 Å². The summed E-state index contributed by atoms with van der Waals surface area (Å²) in [4.78, 5) is 17.6.